The van der Waals surface area contributed by atoms with E-state index in [1.54, 1.807) is 13.0 Å². The van der Waals surface area contributed by atoms with Crippen LogP contribution in [0.1, 0.15) is 29.0 Å². The summed E-state index contributed by atoms with van der Waals surface area (Å²) >= 11 is 0. The number of aromatic nitrogens is 2. The van der Waals surface area contributed by atoms with E-state index in [1.165, 1.54) is 31.4 Å². The largest absolute Gasteiger partial charge is 0.494 e. The Morgan fingerprint density at radius 3 is 2.71 bits per heavy atom. The predicted octanol–water partition coefficient (Wildman–Crippen LogP) is 1.41. The quantitative estimate of drug-likeness (QED) is 0.892. The maximum atomic E-state index is 13.6. The molecule has 110 valence electrons. The number of amides is 1. The molecule has 0 bridgehead atoms. The Kier molecular flexibility index (Phi) is 4.32. The van der Waals surface area contributed by atoms with E-state index >= 15 is 0 Å². The van der Waals surface area contributed by atoms with Crippen molar-refractivity contribution in [2.75, 3.05) is 7.11 Å². The Hall–Kier alpha value is -2.70. The zero-order valence-electron chi connectivity index (χ0n) is 11.5. The molecule has 1 unspecified atom stereocenters. The molecule has 2 N–H and O–H groups in total. The summed E-state index contributed by atoms with van der Waals surface area (Å²) in [7, 11) is 1.38. The molecule has 0 radical (unpaired) electrons. The number of rotatable bonds is 4. The van der Waals surface area contributed by atoms with E-state index in [0.29, 0.717) is 5.56 Å². The van der Waals surface area contributed by atoms with Crippen LogP contribution in [0.25, 0.3) is 0 Å². The van der Waals surface area contributed by atoms with E-state index in [2.05, 4.69) is 15.5 Å². The Bertz CT molecular complexity index is 694. The molecule has 1 atom stereocenters. The second-order valence-electron chi connectivity index (χ2n) is 4.40. The molecule has 6 nitrogen and oxygen atoms in total. The SMILES string of the molecule is COc1ccc(C(C)NC(=O)c2ccc(=O)[nH]n2)cc1F. The summed E-state index contributed by atoms with van der Waals surface area (Å²) in [4.78, 5) is 22.8. The summed E-state index contributed by atoms with van der Waals surface area (Å²) in [5.41, 5.74) is 0.276. The van der Waals surface area contributed by atoms with Crippen molar-refractivity contribution in [3.8, 4) is 5.75 Å². The first-order valence-electron chi connectivity index (χ1n) is 6.21. The molecule has 0 aliphatic carbocycles. The van der Waals surface area contributed by atoms with E-state index in [-0.39, 0.29) is 11.4 Å². The third kappa shape index (κ3) is 3.44. The lowest BCUT2D eigenvalue weighted by atomic mass is 10.1. The lowest BCUT2D eigenvalue weighted by Crippen LogP contribution is -2.28. The Balaban J connectivity index is 2.12. The van der Waals surface area contributed by atoms with Crippen molar-refractivity contribution in [3.05, 3.63) is 57.8 Å². The minimum atomic E-state index is -0.502. The second kappa shape index (κ2) is 6.17. The van der Waals surface area contributed by atoms with Crippen LogP contribution in [0.5, 0.6) is 5.75 Å². The molecule has 0 aliphatic heterocycles. The average molecular weight is 291 g/mol. The van der Waals surface area contributed by atoms with Crippen molar-refractivity contribution in [1.29, 1.82) is 0 Å². The van der Waals surface area contributed by atoms with Crippen LogP contribution in [0.3, 0.4) is 0 Å². The van der Waals surface area contributed by atoms with Crippen LogP contribution in [0, 0.1) is 5.82 Å². The number of methoxy groups -OCH3 is 1. The first-order valence-corrected chi connectivity index (χ1v) is 6.21. The Morgan fingerprint density at radius 1 is 1.38 bits per heavy atom. The Morgan fingerprint density at radius 2 is 2.14 bits per heavy atom. The van der Waals surface area contributed by atoms with Crippen molar-refractivity contribution in [1.82, 2.24) is 15.5 Å². The lowest BCUT2D eigenvalue weighted by molar-refractivity contribution is 0.0933. The minimum absolute atomic E-state index is 0.0791. The van der Waals surface area contributed by atoms with E-state index in [0.717, 1.165) is 0 Å². The third-order valence-electron chi connectivity index (χ3n) is 2.94. The molecule has 0 spiro atoms. The van der Waals surface area contributed by atoms with Gasteiger partial charge in [0, 0.05) is 6.07 Å². The molecule has 21 heavy (non-hydrogen) atoms. The molecular weight excluding hydrogens is 277 g/mol. The highest BCUT2D eigenvalue weighted by Gasteiger charge is 2.14. The number of halogens is 1. The molecule has 1 aromatic carbocycles. The van der Waals surface area contributed by atoms with E-state index in [4.69, 9.17) is 4.74 Å². The van der Waals surface area contributed by atoms with E-state index in [9.17, 15) is 14.0 Å². The van der Waals surface area contributed by atoms with Gasteiger partial charge in [-0.05, 0) is 30.7 Å². The minimum Gasteiger partial charge on any atom is -0.494 e. The van der Waals surface area contributed by atoms with Crippen LogP contribution < -0.4 is 15.6 Å². The zero-order chi connectivity index (χ0) is 15.4. The van der Waals surface area contributed by atoms with Crippen LogP contribution in [0.2, 0.25) is 0 Å². The molecule has 7 heteroatoms. The monoisotopic (exact) mass is 291 g/mol. The van der Waals surface area contributed by atoms with Crippen LogP contribution >= 0.6 is 0 Å². The fraction of sp³-hybridized carbons (Fsp3) is 0.214. The van der Waals surface area contributed by atoms with Gasteiger partial charge in [0.2, 0.25) is 0 Å². The molecule has 0 fully saturated rings. The number of benzene rings is 1. The molecule has 0 aliphatic rings. The first kappa shape index (κ1) is 14.7. The molecule has 1 aromatic heterocycles. The van der Waals surface area contributed by atoms with Crippen molar-refractivity contribution < 1.29 is 13.9 Å². The van der Waals surface area contributed by atoms with Crippen molar-refractivity contribution >= 4 is 5.91 Å². The number of carbonyl (C=O) groups is 1. The molecule has 0 saturated heterocycles. The summed E-state index contributed by atoms with van der Waals surface area (Å²) in [6.07, 6.45) is 0. The van der Waals surface area contributed by atoms with Gasteiger partial charge in [-0.1, -0.05) is 6.07 Å². The third-order valence-corrected chi connectivity index (χ3v) is 2.94. The predicted molar refractivity (Wildman–Crippen MR) is 73.7 cm³/mol. The Labute approximate surface area is 120 Å². The van der Waals surface area contributed by atoms with Crippen LogP contribution in [0.15, 0.2) is 35.1 Å². The van der Waals surface area contributed by atoms with Gasteiger partial charge in [0.05, 0.1) is 13.2 Å². The molecule has 1 amide bonds. The molecular formula is C14H14FN3O3. The summed E-state index contributed by atoms with van der Waals surface area (Å²) in [6, 6.07) is 6.55. The number of H-pyrrole nitrogens is 1. The standard InChI is InChI=1S/C14H14FN3O3/c1-8(9-3-5-12(21-2)10(15)7-9)16-14(20)11-4-6-13(19)18-17-11/h3-8H,1-2H3,(H,16,20)(H,18,19). The number of nitrogens with one attached hydrogen (secondary N) is 2. The topological polar surface area (TPSA) is 84.1 Å². The number of hydrogen-bond donors (Lipinski definition) is 2. The van der Waals surface area contributed by atoms with Crippen molar-refractivity contribution in [3.63, 3.8) is 0 Å². The van der Waals surface area contributed by atoms with Gasteiger partial charge < -0.3 is 10.1 Å². The highest BCUT2D eigenvalue weighted by atomic mass is 19.1. The van der Waals surface area contributed by atoms with Gasteiger partial charge in [0.15, 0.2) is 11.6 Å². The maximum absolute atomic E-state index is 13.6. The average Bonchev–Trinajstić information content (AvgIpc) is 2.47. The van der Waals surface area contributed by atoms with Crippen molar-refractivity contribution in [2.45, 2.75) is 13.0 Å². The van der Waals surface area contributed by atoms with Crippen LogP contribution in [0.4, 0.5) is 4.39 Å². The van der Waals surface area contributed by atoms with E-state index < -0.39 is 23.3 Å². The molecule has 2 rings (SSSR count). The summed E-state index contributed by atoms with van der Waals surface area (Å²) in [6.45, 7) is 1.71. The normalized spacial score (nSPS) is 11.8. The lowest BCUT2D eigenvalue weighted by Gasteiger charge is -2.14. The van der Waals surface area contributed by atoms with Gasteiger partial charge in [-0.25, -0.2) is 9.49 Å². The van der Waals surface area contributed by atoms with E-state index in [1.807, 2.05) is 0 Å². The van der Waals surface area contributed by atoms with Crippen LogP contribution in [-0.4, -0.2) is 23.2 Å². The number of hydrogen-bond acceptors (Lipinski definition) is 4. The van der Waals surface area contributed by atoms with Gasteiger partial charge in [0.25, 0.3) is 11.5 Å². The molecule has 1 heterocycles. The highest BCUT2D eigenvalue weighted by Crippen LogP contribution is 2.21. The number of ether oxygens (including phenoxy) is 1. The summed E-state index contributed by atoms with van der Waals surface area (Å²) in [5, 5.41) is 8.47. The van der Waals surface area contributed by atoms with Gasteiger partial charge >= 0.3 is 0 Å². The molecule has 2 aromatic rings. The fourth-order valence-corrected chi connectivity index (χ4v) is 1.78. The number of aromatic amines is 1. The number of carbonyl (C=O) groups excluding carboxylic acids is 1. The fourth-order valence-electron chi connectivity index (χ4n) is 1.78. The number of nitrogens with zero attached hydrogens (tertiary/aromatic N) is 1. The first-order chi connectivity index (χ1) is 10.0. The zero-order valence-corrected chi connectivity index (χ0v) is 11.5. The summed E-state index contributed by atoms with van der Waals surface area (Å²) < 4.78 is 18.5. The maximum Gasteiger partial charge on any atom is 0.272 e. The highest BCUT2D eigenvalue weighted by molar-refractivity contribution is 5.92. The summed E-state index contributed by atoms with van der Waals surface area (Å²) in [5.74, 6) is -0.826. The van der Waals surface area contributed by atoms with Gasteiger partial charge in [0.1, 0.15) is 5.69 Å². The van der Waals surface area contributed by atoms with Crippen molar-refractivity contribution in [2.24, 2.45) is 0 Å². The van der Waals surface area contributed by atoms with Crippen LogP contribution in [-0.2, 0) is 0 Å². The second-order valence-corrected chi connectivity index (χ2v) is 4.40. The van der Waals surface area contributed by atoms with Gasteiger partial charge in [-0.2, -0.15) is 5.10 Å². The van der Waals surface area contributed by atoms with Gasteiger partial charge in [-0.15, -0.1) is 0 Å². The smallest absolute Gasteiger partial charge is 0.272 e. The van der Waals surface area contributed by atoms with Gasteiger partial charge in [-0.3, -0.25) is 9.59 Å². The molecule has 0 saturated carbocycles.